The topological polar surface area (TPSA) is 41.1 Å². The molecule has 1 unspecified atom stereocenters. The van der Waals surface area contributed by atoms with E-state index in [2.05, 4.69) is 10.6 Å². The molecule has 0 spiro atoms. The number of halogens is 2. The predicted octanol–water partition coefficient (Wildman–Crippen LogP) is 3.70. The van der Waals surface area contributed by atoms with Crippen molar-refractivity contribution in [3.8, 4) is 0 Å². The van der Waals surface area contributed by atoms with Crippen molar-refractivity contribution in [1.29, 1.82) is 0 Å². The van der Waals surface area contributed by atoms with E-state index in [9.17, 15) is 9.18 Å². The van der Waals surface area contributed by atoms with E-state index in [1.165, 1.54) is 18.2 Å². The van der Waals surface area contributed by atoms with Gasteiger partial charge in [-0.1, -0.05) is 29.8 Å². The van der Waals surface area contributed by atoms with Crippen molar-refractivity contribution < 1.29 is 9.18 Å². The highest BCUT2D eigenvalue weighted by atomic mass is 35.5. The van der Waals surface area contributed by atoms with E-state index in [4.69, 9.17) is 11.6 Å². The Balaban J connectivity index is 1.74. The lowest BCUT2D eigenvalue weighted by molar-refractivity contribution is -0.119. The second-order valence-corrected chi connectivity index (χ2v) is 5.46. The normalized spacial score (nSPS) is 16.8. The summed E-state index contributed by atoms with van der Waals surface area (Å²) in [7, 11) is 0. The fraction of sp³-hybridized carbons (Fsp3) is 0.188. The minimum absolute atomic E-state index is 0.162. The van der Waals surface area contributed by atoms with Crippen LogP contribution in [0.3, 0.4) is 0 Å². The van der Waals surface area contributed by atoms with Gasteiger partial charge >= 0.3 is 0 Å². The zero-order chi connectivity index (χ0) is 14.8. The summed E-state index contributed by atoms with van der Waals surface area (Å²) >= 11 is 5.96. The number of anilines is 2. The Bertz CT molecular complexity index is 690. The van der Waals surface area contributed by atoms with Gasteiger partial charge in [0.1, 0.15) is 5.82 Å². The second-order valence-electron chi connectivity index (χ2n) is 5.05. The molecule has 0 aromatic heterocycles. The lowest BCUT2D eigenvalue weighted by atomic mass is 9.93. The fourth-order valence-corrected chi connectivity index (χ4v) is 2.62. The molecule has 1 amide bonds. The van der Waals surface area contributed by atoms with E-state index in [-0.39, 0.29) is 11.8 Å². The Kier molecular flexibility index (Phi) is 3.80. The van der Waals surface area contributed by atoms with Gasteiger partial charge in [-0.15, -0.1) is 0 Å². The van der Waals surface area contributed by atoms with Gasteiger partial charge in [0.25, 0.3) is 0 Å². The van der Waals surface area contributed by atoms with Gasteiger partial charge in [0.15, 0.2) is 0 Å². The van der Waals surface area contributed by atoms with Crippen LogP contribution in [-0.2, 0) is 11.2 Å². The van der Waals surface area contributed by atoms with Crippen LogP contribution in [0, 0.1) is 11.7 Å². The van der Waals surface area contributed by atoms with Crippen LogP contribution in [0.4, 0.5) is 15.8 Å². The Morgan fingerprint density at radius 3 is 2.95 bits per heavy atom. The molecule has 0 bridgehead atoms. The van der Waals surface area contributed by atoms with Crippen molar-refractivity contribution in [3.05, 3.63) is 58.9 Å². The molecule has 3 rings (SSSR count). The van der Waals surface area contributed by atoms with Gasteiger partial charge in [-0.25, -0.2) is 4.39 Å². The summed E-state index contributed by atoms with van der Waals surface area (Å²) in [4.78, 5) is 12.3. The van der Waals surface area contributed by atoms with Crippen molar-refractivity contribution >= 4 is 28.9 Å². The van der Waals surface area contributed by atoms with E-state index < -0.39 is 5.82 Å². The van der Waals surface area contributed by atoms with Crippen LogP contribution in [0.5, 0.6) is 0 Å². The van der Waals surface area contributed by atoms with Crippen LogP contribution >= 0.6 is 11.6 Å². The van der Waals surface area contributed by atoms with Crippen molar-refractivity contribution in [1.82, 2.24) is 0 Å². The number of benzene rings is 2. The molecule has 0 aliphatic carbocycles. The van der Waals surface area contributed by atoms with Gasteiger partial charge in [0, 0.05) is 12.2 Å². The molecule has 5 heteroatoms. The number of nitrogens with one attached hydrogen (secondary N) is 2. The number of hydrogen-bond acceptors (Lipinski definition) is 2. The molecule has 0 radical (unpaired) electrons. The first-order valence-corrected chi connectivity index (χ1v) is 7.09. The summed E-state index contributed by atoms with van der Waals surface area (Å²) in [5, 5.41) is 6.27. The molecule has 0 saturated heterocycles. The van der Waals surface area contributed by atoms with Gasteiger partial charge < -0.3 is 10.6 Å². The summed E-state index contributed by atoms with van der Waals surface area (Å²) in [6.07, 6.45) is 0.655. The van der Waals surface area contributed by atoms with Crippen LogP contribution in [0.15, 0.2) is 42.5 Å². The molecule has 2 aromatic carbocycles. The van der Waals surface area contributed by atoms with Crippen LogP contribution in [0.2, 0.25) is 5.02 Å². The van der Waals surface area contributed by atoms with Crippen molar-refractivity contribution in [2.45, 2.75) is 6.42 Å². The standard InChI is InChI=1S/C16H14ClFN2O/c17-13-6-5-12(18)8-15(13)20-16(21)11-7-10-3-1-2-4-14(10)19-9-11/h1-6,8,11,19H,7,9H2,(H,20,21). The number of rotatable bonds is 2. The van der Waals surface area contributed by atoms with E-state index >= 15 is 0 Å². The molecular weight excluding hydrogens is 291 g/mol. The molecule has 1 atom stereocenters. The zero-order valence-corrected chi connectivity index (χ0v) is 12.0. The van der Waals surface area contributed by atoms with Crippen molar-refractivity contribution in [3.63, 3.8) is 0 Å². The van der Waals surface area contributed by atoms with Crippen LogP contribution in [-0.4, -0.2) is 12.5 Å². The van der Waals surface area contributed by atoms with Crippen molar-refractivity contribution in [2.24, 2.45) is 5.92 Å². The number of amides is 1. The lowest BCUT2D eigenvalue weighted by Gasteiger charge is -2.25. The maximum atomic E-state index is 13.2. The van der Waals surface area contributed by atoms with E-state index in [1.807, 2.05) is 24.3 Å². The molecule has 2 aromatic rings. The van der Waals surface area contributed by atoms with E-state index in [0.717, 1.165) is 11.3 Å². The summed E-state index contributed by atoms with van der Waals surface area (Å²) < 4.78 is 13.2. The monoisotopic (exact) mass is 304 g/mol. The maximum absolute atomic E-state index is 13.2. The molecule has 0 fully saturated rings. The van der Waals surface area contributed by atoms with Gasteiger partial charge in [-0.3, -0.25) is 4.79 Å². The van der Waals surface area contributed by atoms with Crippen LogP contribution < -0.4 is 10.6 Å². The van der Waals surface area contributed by atoms with Gasteiger partial charge in [0.05, 0.1) is 16.6 Å². The average Bonchev–Trinajstić information content (AvgIpc) is 2.50. The third kappa shape index (κ3) is 3.00. The van der Waals surface area contributed by atoms with Crippen LogP contribution in [0.25, 0.3) is 0 Å². The Morgan fingerprint density at radius 1 is 1.29 bits per heavy atom. The molecule has 21 heavy (non-hydrogen) atoms. The zero-order valence-electron chi connectivity index (χ0n) is 11.2. The van der Waals surface area contributed by atoms with E-state index in [0.29, 0.717) is 23.7 Å². The summed E-state index contributed by atoms with van der Waals surface area (Å²) in [5.41, 5.74) is 2.47. The number of hydrogen-bond donors (Lipinski definition) is 2. The first kappa shape index (κ1) is 13.9. The largest absolute Gasteiger partial charge is 0.384 e. The SMILES string of the molecule is O=C(Nc1cc(F)ccc1Cl)C1CNc2ccccc2C1. The van der Waals surface area contributed by atoms with E-state index in [1.54, 1.807) is 0 Å². The second kappa shape index (κ2) is 5.74. The highest BCUT2D eigenvalue weighted by Crippen LogP contribution is 2.27. The smallest absolute Gasteiger partial charge is 0.229 e. The molecule has 3 nitrogen and oxygen atoms in total. The third-order valence-corrected chi connectivity index (χ3v) is 3.91. The Morgan fingerprint density at radius 2 is 2.10 bits per heavy atom. The predicted molar refractivity (Wildman–Crippen MR) is 82.2 cm³/mol. The third-order valence-electron chi connectivity index (χ3n) is 3.58. The summed E-state index contributed by atoms with van der Waals surface area (Å²) in [6, 6.07) is 11.8. The summed E-state index contributed by atoms with van der Waals surface area (Å²) in [5.74, 6) is -0.800. The van der Waals surface area contributed by atoms with Gasteiger partial charge in [0.2, 0.25) is 5.91 Å². The quantitative estimate of drug-likeness (QED) is 0.888. The van der Waals surface area contributed by atoms with Crippen molar-refractivity contribution in [2.75, 3.05) is 17.2 Å². The maximum Gasteiger partial charge on any atom is 0.229 e. The van der Waals surface area contributed by atoms with Crippen LogP contribution in [0.1, 0.15) is 5.56 Å². The number of fused-ring (bicyclic) bond motifs is 1. The lowest BCUT2D eigenvalue weighted by Crippen LogP contribution is -2.33. The van der Waals surface area contributed by atoms with Gasteiger partial charge in [-0.2, -0.15) is 0 Å². The number of carbonyl (C=O) groups is 1. The molecule has 0 saturated carbocycles. The fourth-order valence-electron chi connectivity index (χ4n) is 2.46. The Labute approximate surface area is 127 Å². The highest BCUT2D eigenvalue weighted by Gasteiger charge is 2.24. The number of para-hydroxylation sites is 1. The molecule has 1 heterocycles. The molecule has 1 aliphatic rings. The minimum Gasteiger partial charge on any atom is -0.384 e. The molecule has 1 aliphatic heterocycles. The first-order valence-electron chi connectivity index (χ1n) is 6.71. The van der Waals surface area contributed by atoms with Gasteiger partial charge in [-0.05, 0) is 36.2 Å². The summed E-state index contributed by atoms with van der Waals surface area (Å²) in [6.45, 7) is 0.551. The Hall–Kier alpha value is -2.07. The minimum atomic E-state index is -0.429. The number of carbonyl (C=O) groups excluding carboxylic acids is 1. The average molecular weight is 305 g/mol. The molecule has 2 N–H and O–H groups in total. The highest BCUT2D eigenvalue weighted by molar-refractivity contribution is 6.33. The molecule has 108 valence electrons. The molecular formula is C16H14ClFN2O. The first-order chi connectivity index (χ1) is 10.1.